The molecule has 0 bridgehead atoms. The van der Waals surface area contributed by atoms with Crippen molar-refractivity contribution in [1.29, 1.82) is 0 Å². The Bertz CT molecular complexity index is 751. The number of nitrogens with two attached hydrogens (primary N) is 1. The summed E-state index contributed by atoms with van der Waals surface area (Å²) in [5.41, 5.74) is 5.92. The summed E-state index contributed by atoms with van der Waals surface area (Å²) in [4.78, 5) is 27.8. The fraction of sp³-hybridized carbons (Fsp3) is 0.353. The van der Waals surface area contributed by atoms with Gasteiger partial charge in [-0.25, -0.2) is 0 Å². The Labute approximate surface area is 145 Å². The molecule has 0 aliphatic carbocycles. The molecular weight excluding hydrogens is 330 g/mol. The molecule has 2 unspecified atom stereocenters. The topological polar surface area (TPSA) is 94.3 Å². The first kappa shape index (κ1) is 18.0. The molecule has 0 aliphatic heterocycles. The Morgan fingerprint density at radius 3 is 2.79 bits per heavy atom. The highest BCUT2D eigenvalue weighted by Gasteiger charge is 2.23. The number of ether oxygens (including phenoxy) is 1. The van der Waals surface area contributed by atoms with Crippen LogP contribution < -0.4 is 15.8 Å². The number of fused-ring (bicyclic) bond motifs is 1. The number of rotatable bonds is 7. The van der Waals surface area contributed by atoms with Crippen LogP contribution in [0.2, 0.25) is 5.02 Å². The highest BCUT2D eigenvalue weighted by atomic mass is 35.5. The lowest BCUT2D eigenvalue weighted by atomic mass is 9.99. The lowest BCUT2D eigenvalue weighted by Gasteiger charge is -2.21. The summed E-state index contributed by atoms with van der Waals surface area (Å²) in [5, 5.41) is 3.91. The van der Waals surface area contributed by atoms with E-state index in [1.165, 1.54) is 0 Å². The lowest BCUT2D eigenvalue weighted by molar-refractivity contribution is -0.129. The van der Waals surface area contributed by atoms with Crippen LogP contribution in [0, 0.1) is 5.92 Å². The van der Waals surface area contributed by atoms with E-state index in [1.807, 2.05) is 19.9 Å². The van der Waals surface area contributed by atoms with Crippen LogP contribution in [-0.4, -0.2) is 29.4 Å². The number of hydrogen-bond acceptors (Lipinski definition) is 4. The fourth-order valence-electron chi connectivity index (χ4n) is 2.32. The smallest absolute Gasteiger partial charge is 0.258 e. The minimum absolute atomic E-state index is 0.0514. The first-order valence-corrected chi connectivity index (χ1v) is 8.06. The number of nitrogens with zero attached hydrogens (tertiary/aromatic N) is 1. The summed E-state index contributed by atoms with van der Waals surface area (Å²) in [5.74, 6) is -0.580. The molecule has 0 aliphatic rings. The molecule has 0 fully saturated rings. The lowest BCUT2D eigenvalue weighted by Crippen LogP contribution is -2.49. The number of benzene rings is 1. The molecule has 0 saturated heterocycles. The number of halogens is 1. The quantitative estimate of drug-likeness (QED) is 0.801. The Morgan fingerprint density at radius 2 is 2.12 bits per heavy atom. The monoisotopic (exact) mass is 349 g/mol. The van der Waals surface area contributed by atoms with Gasteiger partial charge in [-0.2, -0.15) is 0 Å². The van der Waals surface area contributed by atoms with Crippen LogP contribution in [0.25, 0.3) is 10.9 Å². The second-order valence-corrected chi connectivity index (χ2v) is 5.97. The van der Waals surface area contributed by atoms with Crippen molar-refractivity contribution in [2.24, 2.45) is 11.7 Å². The average Bonchev–Trinajstić information content (AvgIpc) is 2.58. The zero-order chi connectivity index (χ0) is 17.7. The van der Waals surface area contributed by atoms with Crippen LogP contribution in [0.1, 0.15) is 20.3 Å². The van der Waals surface area contributed by atoms with Crippen molar-refractivity contribution < 1.29 is 14.3 Å². The second-order valence-electron chi connectivity index (χ2n) is 5.57. The van der Waals surface area contributed by atoms with E-state index in [9.17, 15) is 9.59 Å². The minimum atomic E-state index is -0.716. The molecule has 7 heteroatoms. The minimum Gasteiger partial charge on any atom is -0.481 e. The molecule has 1 aromatic carbocycles. The van der Waals surface area contributed by atoms with E-state index in [1.54, 1.807) is 24.4 Å². The van der Waals surface area contributed by atoms with Gasteiger partial charge in [0.15, 0.2) is 6.61 Å². The Balaban J connectivity index is 2.07. The average molecular weight is 350 g/mol. The van der Waals surface area contributed by atoms with Crippen LogP contribution in [0.15, 0.2) is 30.5 Å². The maximum atomic E-state index is 12.1. The molecule has 3 N–H and O–H groups in total. The molecule has 1 heterocycles. The molecule has 2 atom stereocenters. The molecule has 0 saturated carbocycles. The van der Waals surface area contributed by atoms with Gasteiger partial charge in [0, 0.05) is 11.6 Å². The van der Waals surface area contributed by atoms with Crippen LogP contribution >= 0.6 is 11.6 Å². The zero-order valence-corrected chi connectivity index (χ0v) is 14.3. The van der Waals surface area contributed by atoms with Gasteiger partial charge in [-0.05, 0) is 30.2 Å². The molecule has 1 aromatic heterocycles. The van der Waals surface area contributed by atoms with E-state index in [-0.39, 0.29) is 12.5 Å². The van der Waals surface area contributed by atoms with Crippen molar-refractivity contribution >= 4 is 34.3 Å². The van der Waals surface area contributed by atoms with Crippen LogP contribution in [0.4, 0.5) is 0 Å². The number of nitrogens with one attached hydrogen (secondary N) is 1. The molecule has 2 amide bonds. The van der Waals surface area contributed by atoms with E-state index in [4.69, 9.17) is 22.1 Å². The van der Waals surface area contributed by atoms with Crippen LogP contribution in [0.5, 0.6) is 5.75 Å². The highest BCUT2D eigenvalue weighted by Crippen LogP contribution is 2.29. The largest absolute Gasteiger partial charge is 0.481 e. The van der Waals surface area contributed by atoms with E-state index in [0.29, 0.717) is 16.3 Å². The summed E-state index contributed by atoms with van der Waals surface area (Å²) in [6, 6.07) is 6.22. The van der Waals surface area contributed by atoms with Crippen molar-refractivity contribution in [3.05, 3.63) is 35.5 Å². The predicted octanol–water partition coefficient (Wildman–Crippen LogP) is 2.28. The standard InChI is InChI=1S/C17H20ClN3O3/c1-3-10(2)15(17(19)23)21-14(22)9-24-13-7-6-12(18)11-5-4-8-20-16(11)13/h4-8,10,15H,3,9H2,1-2H3,(H2,19,23)(H,21,22). The molecule has 0 radical (unpaired) electrons. The Hall–Kier alpha value is -2.34. The van der Waals surface area contributed by atoms with Gasteiger partial charge in [-0.1, -0.05) is 31.9 Å². The number of pyridine rings is 1. The van der Waals surface area contributed by atoms with Gasteiger partial charge in [-0.15, -0.1) is 0 Å². The summed E-state index contributed by atoms with van der Waals surface area (Å²) in [6.07, 6.45) is 2.35. The molecular formula is C17H20ClN3O3. The van der Waals surface area contributed by atoms with Crippen molar-refractivity contribution in [3.8, 4) is 5.75 Å². The molecule has 0 spiro atoms. The van der Waals surface area contributed by atoms with E-state index < -0.39 is 17.9 Å². The SMILES string of the molecule is CCC(C)C(NC(=O)COc1ccc(Cl)c2cccnc12)C(N)=O. The number of aromatic nitrogens is 1. The maximum Gasteiger partial charge on any atom is 0.258 e. The van der Waals surface area contributed by atoms with Gasteiger partial charge in [0.05, 0.1) is 5.02 Å². The van der Waals surface area contributed by atoms with Gasteiger partial charge in [-0.3, -0.25) is 14.6 Å². The molecule has 24 heavy (non-hydrogen) atoms. The fourth-order valence-corrected chi connectivity index (χ4v) is 2.53. The third-order valence-corrected chi connectivity index (χ3v) is 4.20. The van der Waals surface area contributed by atoms with E-state index >= 15 is 0 Å². The molecule has 6 nitrogen and oxygen atoms in total. The van der Waals surface area contributed by atoms with Crippen molar-refractivity contribution in [2.75, 3.05) is 6.61 Å². The Kier molecular flexibility index (Phi) is 5.98. The molecule has 128 valence electrons. The second kappa shape index (κ2) is 7.97. The summed E-state index contributed by atoms with van der Waals surface area (Å²) >= 11 is 6.12. The van der Waals surface area contributed by atoms with Crippen LogP contribution in [-0.2, 0) is 9.59 Å². The third kappa shape index (κ3) is 4.14. The number of amides is 2. The third-order valence-electron chi connectivity index (χ3n) is 3.87. The van der Waals surface area contributed by atoms with Crippen molar-refractivity contribution in [2.45, 2.75) is 26.3 Å². The van der Waals surface area contributed by atoms with Gasteiger partial charge >= 0.3 is 0 Å². The van der Waals surface area contributed by atoms with E-state index in [0.717, 1.165) is 11.8 Å². The van der Waals surface area contributed by atoms with Gasteiger partial charge in [0.1, 0.15) is 17.3 Å². The molecule has 2 rings (SSSR count). The predicted molar refractivity (Wildman–Crippen MR) is 92.8 cm³/mol. The molecule has 2 aromatic rings. The first-order valence-electron chi connectivity index (χ1n) is 7.68. The number of primary amides is 1. The normalized spacial score (nSPS) is 13.3. The maximum absolute atomic E-state index is 12.1. The number of hydrogen-bond donors (Lipinski definition) is 2. The van der Waals surface area contributed by atoms with Crippen molar-refractivity contribution in [1.82, 2.24) is 10.3 Å². The summed E-state index contributed by atoms with van der Waals surface area (Å²) in [7, 11) is 0. The van der Waals surface area contributed by atoms with Crippen LogP contribution in [0.3, 0.4) is 0 Å². The van der Waals surface area contributed by atoms with Gasteiger partial charge < -0.3 is 15.8 Å². The zero-order valence-electron chi connectivity index (χ0n) is 13.6. The number of carbonyl (C=O) groups excluding carboxylic acids is 2. The summed E-state index contributed by atoms with van der Waals surface area (Å²) < 4.78 is 5.54. The first-order chi connectivity index (χ1) is 11.4. The van der Waals surface area contributed by atoms with E-state index in [2.05, 4.69) is 10.3 Å². The van der Waals surface area contributed by atoms with Gasteiger partial charge in [0.25, 0.3) is 5.91 Å². The Morgan fingerprint density at radius 1 is 1.38 bits per heavy atom. The highest BCUT2D eigenvalue weighted by molar-refractivity contribution is 6.35. The van der Waals surface area contributed by atoms with Crippen molar-refractivity contribution in [3.63, 3.8) is 0 Å². The number of carbonyl (C=O) groups is 2. The summed E-state index contributed by atoms with van der Waals surface area (Å²) in [6.45, 7) is 3.54. The van der Waals surface area contributed by atoms with Gasteiger partial charge in [0.2, 0.25) is 5.91 Å².